The topological polar surface area (TPSA) is 232 Å². The number of unbranched alkanes of at least 4 members (excludes halogenated alkanes) is 56. The minimum Gasteiger partial charge on any atom is -0.423 e. The minimum atomic E-state index is -4.42. The molecule has 0 aromatic carbocycles. The second-order valence-corrected chi connectivity index (χ2v) is 27.9. The molecular formula is C77H146N2O14. The molecule has 4 atom stereocenters. The van der Waals surface area contributed by atoms with Crippen molar-refractivity contribution in [2.24, 2.45) is 0 Å². The highest BCUT2D eigenvalue weighted by molar-refractivity contribution is 5.73. The smallest absolute Gasteiger partial charge is 0.423 e. The van der Waals surface area contributed by atoms with Crippen molar-refractivity contribution in [3.8, 4) is 0 Å². The molecule has 0 spiro atoms. The van der Waals surface area contributed by atoms with Crippen LogP contribution in [0.25, 0.3) is 0 Å². The van der Waals surface area contributed by atoms with Gasteiger partial charge in [-0.1, -0.05) is 387 Å². The molecule has 0 saturated heterocycles. The van der Waals surface area contributed by atoms with Crippen molar-refractivity contribution in [3.05, 3.63) is 20.2 Å². The number of rotatable bonds is 73. The van der Waals surface area contributed by atoms with E-state index in [0.29, 0.717) is 32.6 Å². The lowest BCUT2D eigenvalue weighted by Crippen LogP contribution is -2.81. The van der Waals surface area contributed by atoms with Gasteiger partial charge in [0.15, 0.2) is 0 Å². The summed E-state index contributed by atoms with van der Waals surface area (Å²) >= 11 is 0. The van der Waals surface area contributed by atoms with Crippen LogP contribution >= 0.6 is 0 Å². The number of carbonyl (C=O) groups is 4. The first-order chi connectivity index (χ1) is 45.1. The Morgan fingerprint density at radius 1 is 0.301 bits per heavy atom. The molecule has 0 aromatic heterocycles. The van der Waals surface area contributed by atoms with Crippen molar-refractivity contribution >= 4 is 23.9 Å². The van der Waals surface area contributed by atoms with E-state index in [1.807, 2.05) is 0 Å². The van der Waals surface area contributed by atoms with E-state index >= 15 is 0 Å². The summed E-state index contributed by atoms with van der Waals surface area (Å²) < 4.78 is 21.7. The Bertz CT molecular complexity index is 1780. The molecule has 2 N–H and O–H groups in total. The number of nitrogens with zero attached hydrogens (tertiary/aromatic N) is 2. The maximum Gasteiger partial charge on any atom is 0.545 e. The summed E-state index contributed by atoms with van der Waals surface area (Å²) in [6.07, 6.45) is 57.8. The molecule has 0 aliphatic heterocycles. The van der Waals surface area contributed by atoms with E-state index in [2.05, 4.69) is 27.7 Å². The van der Waals surface area contributed by atoms with Gasteiger partial charge in [0.2, 0.25) is 0 Å². The third-order valence-electron chi connectivity index (χ3n) is 19.0. The first-order valence-electron chi connectivity index (χ1n) is 39.7. The van der Waals surface area contributed by atoms with Crippen molar-refractivity contribution in [1.82, 2.24) is 0 Å². The van der Waals surface area contributed by atoms with Gasteiger partial charge < -0.3 is 29.2 Å². The molecule has 0 aromatic rings. The van der Waals surface area contributed by atoms with E-state index in [1.54, 1.807) is 0 Å². The number of esters is 4. The van der Waals surface area contributed by atoms with Crippen LogP contribution in [0.15, 0.2) is 0 Å². The predicted octanol–water partition coefficient (Wildman–Crippen LogP) is 23.2. The van der Waals surface area contributed by atoms with Gasteiger partial charge in [-0.05, 0) is 25.7 Å². The van der Waals surface area contributed by atoms with Gasteiger partial charge >= 0.3 is 47.4 Å². The molecule has 16 heteroatoms. The van der Waals surface area contributed by atoms with Crippen LogP contribution in [-0.4, -0.2) is 67.5 Å². The molecule has 0 radical (unpaired) electrons. The van der Waals surface area contributed by atoms with Crippen LogP contribution in [0.4, 0.5) is 0 Å². The van der Waals surface area contributed by atoms with Crippen molar-refractivity contribution in [3.63, 3.8) is 0 Å². The van der Waals surface area contributed by atoms with Crippen molar-refractivity contribution in [1.29, 1.82) is 0 Å². The van der Waals surface area contributed by atoms with Crippen molar-refractivity contribution < 1.29 is 58.2 Å². The number of aliphatic hydroxyl groups is 2. The van der Waals surface area contributed by atoms with Gasteiger partial charge in [0.1, 0.15) is 0 Å². The van der Waals surface area contributed by atoms with Crippen LogP contribution in [0.2, 0.25) is 0 Å². The second-order valence-electron chi connectivity index (χ2n) is 27.9. The average molecular weight is 1320 g/mol. The fraction of sp³-hybridized carbons (Fsp3) is 0.948. The molecule has 0 aliphatic carbocycles. The summed E-state index contributed by atoms with van der Waals surface area (Å²) in [6, 6.07) is 0. The highest BCUT2D eigenvalue weighted by atomic mass is 16.8. The lowest BCUT2D eigenvalue weighted by Gasteiger charge is -2.41. The lowest BCUT2D eigenvalue weighted by atomic mass is 9.89. The molecule has 93 heavy (non-hydrogen) atoms. The Hall–Kier alpha value is -3.40. The first-order valence-corrected chi connectivity index (χ1v) is 39.7. The first kappa shape index (κ1) is 89.6. The van der Waals surface area contributed by atoms with Crippen LogP contribution in [0.3, 0.4) is 0 Å². The number of aliphatic hydroxyl groups excluding tert-OH is 1. The fourth-order valence-electron chi connectivity index (χ4n) is 13.0. The van der Waals surface area contributed by atoms with Gasteiger partial charge in [0.25, 0.3) is 0 Å². The zero-order chi connectivity index (χ0) is 68.6. The molecule has 4 unspecified atom stereocenters. The molecule has 0 fully saturated rings. The van der Waals surface area contributed by atoms with Crippen LogP contribution in [0.5, 0.6) is 0 Å². The van der Waals surface area contributed by atoms with Gasteiger partial charge in [0, 0.05) is 32.6 Å². The second kappa shape index (κ2) is 63.3. The number of ether oxygens (including phenoxy) is 4. The summed E-state index contributed by atoms with van der Waals surface area (Å²) in [5, 5.41) is 52.3. The largest absolute Gasteiger partial charge is 0.545 e. The Morgan fingerprint density at radius 3 is 0.688 bits per heavy atom. The van der Waals surface area contributed by atoms with Gasteiger partial charge in [-0.15, -0.1) is 0 Å². The van der Waals surface area contributed by atoms with Crippen molar-refractivity contribution in [2.75, 3.05) is 0 Å². The SMILES string of the molecule is CCCCCCCCCCCCCCCCCC(=O)OC(O)C(OC(=O)CCCCCCCCCCCCCCCCC)([N+](=O)[O-])C(OC(=O)CCCCCCCCCCCCCCCCC)([N+](=O)[O-])C(C)(O)OC(=O)CCCCCCCCCCCCCCCCC. The van der Waals surface area contributed by atoms with E-state index in [-0.39, 0.29) is 38.5 Å². The van der Waals surface area contributed by atoms with Gasteiger partial charge in [0.05, 0.1) is 9.85 Å². The molecular weight excluding hydrogens is 1180 g/mol. The van der Waals surface area contributed by atoms with E-state index in [9.17, 15) is 49.6 Å². The maximum atomic E-state index is 14.1. The maximum absolute atomic E-state index is 14.1. The molecule has 0 rings (SSSR count). The van der Waals surface area contributed by atoms with E-state index in [0.717, 1.165) is 128 Å². The Labute approximate surface area is 568 Å². The number of hydrogen-bond acceptors (Lipinski definition) is 14. The molecule has 0 amide bonds. The van der Waals surface area contributed by atoms with Gasteiger partial charge in [-0.3, -0.25) is 39.4 Å². The summed E-state index contributed by atoms with van der Waals surface area (Å²) in [6.45, 7) is 9.42. The fourth-order valence-corrected chi connectivity index (χ4v) is 13.0. The highest BCUT2D eigenvalue weighted by Crippen LogP contribution is 2.45. The van der Waals surface area contributed by atoms with Crippen LogP contribution in [0, 0.1) is 20.2 Å². The van der Waals surface area contributed by atoms with E-state index in [1.165, 1.54) is 205 Å². The normalized spacial score (nSPS) is 13.8. The Balaban J connectivity index is 6.45. The third-order valence-corrected chi connectivity index (χ3v) is 19.0. The zero-order valence-electron chi connectivity index (χ0n) is 61.0. The molecule has 0 saturated carbocycles. The summed E-state index contributed by atoms with van der Waals surface area (Å²) in [5.41, 5.74) is -8.81. The van der Waals surface area contributed by atoms with Gasteiger partial charge in [-0.25, -0.2) is 0 Å². The molecule has 0 bridgehead atoms. The predicted molar refractivity (Wildman–Crippen MR) is 379 cm³/mol. The van der Waals surface area contributed by atoms with Crippen LogP contribution in [-0.2, 0) is 38.1 Å². The quantitative estimate of drug-likeness (QED) is 0.0144. The molecule has 548 valence electrons. The number of carbonyl (C=O) groups excluding carboxylic acids is 4. The summed E-state index contributed by atoms with van der Waals surface area (Å²) in [7, 11) is 0. The lowest BCUT2D eigenvalue weighted by molar-refractivity contribution is -0.788. The minimum absolute atomic E-state index is 0.132. The average Bonchev–Trinajstić information content (AvgIpc) is 0.707. The molecule has 16 nitrogen and oxygen atoms in total. The number of nitro groups is 2. The third kappa shape index (κ3) is 46.5. The Morgan fingerprint density at radius 2 is 0.484 bits per heavy atom. The number of hydrogen-bond donors (Lipinski definition) is 2. The molecule has 0 heterocycles. The van der Waals surface area contributed by atoms with E-state index in [4.69, 9.17) is 18.9 Å². The summed E-state index contributed by atoms with van der Waals surface area (Å²) in [4.78, 5) is 80.4. The summed E-state index contributed by atoms with van der Waals surface area (Å²) in [5.74, 6) is -9.10. The Kier molecular flexibility index (Phi) is 61.0. The van der Waals surface area contributed by atoms with E-state index < -0.39 is 70.1 Å². The monoisotopic (exact) mass is 1320 g/mol. The van der Waals surface area contributed by atoms with Crippen molar-refractivity contribution in [2.45, 2.75) is 469 Å². The highest BCUT2D eigenvalue weighted by Gasteiger charge is 2.92. The molecule has 0 aliphatic rings. The van der Waals surface area contributed by atoms with Gasteiger partial charge in [-0.2, -0.15) is 0 Å². The zero-order valence-corrected chi connectivity index (χ0v) is 61.0. The van der Waals surface area contributed by atoms with Crippen LogP contribution < -0.4 is 0 Å². The van der Waals surface area contributed by atoms with Crippen LogP contribution in [0.1, 0.15) is 446 Å². The standard InChI is InChI=1S/C77H146N2O14/c1-6-10-14-18-22-26-30-34-38-42-46-50-54-58-62-66-70(80)90-74(84)76(78(86)87,92-72(82)68-64-60-56-52-48-44-40-36-32-28-24-20-16-12-8-3)77(79(88)89,93-73(83)69-65-61-57-53-49-45-41-37-33-29-25-21-17-13-9-4)75(5,85)91-71(81)67-63-59-55-51-47-43-39-35-31-27-23-19-15-11-7-2/h74,84-85H,6-69H2,1-5H3.